The van der Waals surface area contributed by atoms with Gasteiger partial charge in [0.15, 0.2) is 5.96 Å². The number of nitrogens with one attached hydrogen (secondary N) is 2. The van der Waals surface area contributed by atoms with Crippen molar-refractivity contribution in [3.8, 4) is 5.75 Å². The van der Waals surface area contributed by atoms with E-state index in [1.165, 1.54) is 5.69 Å². The van der Waals surface area contributed by atoms with Crippen molar-refractivity contribution in [2.24, 2.45) is 4.99 Å². The molecule has 1 heterocycles. The van der Waals surface area contributed by atoms with Crippen LogP contribution in [-0.4, -0.2) is 55.3 Å². The second-order valence-corrected chi connectivity index (χ2v) is 9.24. The summed E-state index contributed by atoms with van der Waals surface area (Å²) in [6, 6.07) is 18.5. The van der Waals surface area contributed by atoms with E-state index in [1.807, 2.05) is 42.5 Å². The van der Waals surface area contributed by atoms with Crippen LogP contribution in [0.1, 0.15) is 25.3 Å². The van der Waals surface area contributed by atoms with Crippen molar-refractivity contribution in [3.63, 3.8) is 0 Å². The zero-order valence-electron chi connectivity index (χ0n) is 19.0. The fourth-order valence-corrected chi connectivity index (χ4v) is 4.75. The van der Waals surface area contributed by atoms with E-state index in [9.17, 15) is 4.21 Å². The first-order valence-corrected chi connectivity index (χ1v) is 12.5. The summed E-state index contributed by atoms with van der Waals surface area (Å²) in [5, 5.41) is 6.90. The van der Waals surface area contributed by atoms with Gasteiger partial charge in [-0.2, -0.15) is 0 Å². The Morgan fingerprint density at radius 2 is 2.03 bits per heavy atom. The van der Waals surface area contributed by atoms with E-state index in [-0.39, 0.29) is 24.0 Å². The van der Waals surface area contributed by atoms with Crippen molar-refractivity contribution < 1.29 is 8.95 Å². The molecule has 0 radical (unpaired) electrons. The summed E-state index contributed by atoms with van der Waals surface area (Å²) in [6.07, 6.45) is 2.22. The molecule has 1 saturated heterocycles. The Bertz CT molecular complexity index is 866. The number of halogens is 1. The largest absolute Gasteiger partial charge is 0.497 e. The summed E-state index contributed by atoms with van der Waals surface area (Å²) < 4.78 is 17.8. The molecule has 176 valence electrons. The Morgan fingerprint density at radius 1 is 1.22 bits per heavy atom. The van der Waals surface area contributed by atoms with Crippen LogP contribution in [0.4, 0.5) is 5.69 Å². The topological polar surface area (TPSA) is 66.0 Å². The fourth-order valence-electron chi connectivity index (χ4n) is 3.74. The minimum Gasteiger partial charge on any atom is -0.497 e. The highest BCUT2D eigenvalue weighted by Crippen LogP contribution is 2.24. The van der Waals surface area contributed by atoms with E-state index >= 15 is 0 Å². The molecule has 0 aromatic heterocycles. The Kier molecular flexibility index (Phi) is 11.9. The van der Waals surface area contributed by atoms with Crippen molar-refractivity contribution in [2.45, 2.75) is 31.6 Å². The van der Waals surface area contributed by atoms with Gasteiger partial charge in [-0.1, -0.05) is 36.4 Å². The van der Waals surface area contributed by atoms with Crippen LogP contribution in [0.25, 0.3) is 0 Å². The maximum atomic E-state index is 12.4. The molecule has 0 aliphatic carbocycles. The molecular formula is C24H35IN4O2S. The molecule has 0 amide bonds. The quantitative estimate of drug-likeness (QED) is 0.273. The molecule has 0 spiro atoms. The van der Waals surface area contributed by atoms with E-state index in [2.05, 4.69) is 39.6 Å². The van der Waals surface area contributed by atoms with Crippen molar-refractivity contribution in [1.82, 2.24) is 10.6 Å². The highest BCUT2D eigenvalue weighted by molar-refractivity contribution is 14.0. The Balaban J connectivity index is 0.00000363. The molecule has 8 heteroatoms. The second kappa shape index (κ2) is 14.4. The molecule has 1 aliphatic heterocycles. The minimum absolute atomic E-state index is 0. The van der Waals surface area contributed by atoms with Gasteiger partial charge in [0, 0.05) is 59.7 Å². The van der Waals surface area contributed by atoms with Crippen molar-refractivity contribution in [3.05, 3.63) is 60.2 Å². The number of hydrogen-bond donors (Lipinski definition) is 2. The zero-order chi connectivity index (χ0) is 21.9. The predicted molar refractivity (Wildman–Crippen MR) is 146 cm³/mol. The maximum Gasteiger partial charge on any atom is 0.191 e. The third kappa shape index (κ3) is 8.61. The summed E-state index contributed by atoms with van der Waals surface area (Å²) in [5.74, 6) is 2.83. The number of guanidine groups is 1. The molecule has 3 rings (SSSR count). The van der Waals surface area contributed by atoms with E-state index in [0.29, 0.717) is 24.1 Å². The first-order chi connectivity index (χ1) is 15.2. The molecule has 2 unspecified atom stereocenters. The van der Waals surface area contributed by atoms with Crippen LogP contribution in [0.3, 0.4) is 0 Å². The van der Waals surface area contributed by atoms with Gasteiger partial charge in [-0.15, -0.1) is 24.0 Å². The number of benzene rings is 2. The van der Waals surface area contributed by atoms with E-state index in [4.69, 9.17) is 4.74 Å². The average molecular weight is 571 g/mol. The maximum absolute atomic E-state index is 12.4. The molecule has 2 aromatic carbocycles. The molecule has 2 aromatic rings. The van der Waals surface area contributed by atoms with E-state index < -0.39 is 10.8 Å². The Hall–Kier alpha value is -1.81. The number of aliphatic imine (C=N–C) groups is 1. The normalized spacial score (nSPS) is 17.2. The third-order valence-corrected chi connectivity index (χ3v) is 6.58. The van der Waals surface area contributed by atoms with Crippen LogP contribution in [-0.2, 0) is 16.6 Å². The van der Waals surface area contributed by atoms with Gasteiger partial charge >= 0.3 is 0 Å². The summed E-state index contributed by atoms with van der Waals surface area (Å²) in [5.41, 5.74) is 2.29. The molecule has 2 atom stereocenters. The molecule has 0 bridgehead atoms. The van der Waals surface area contributed by atoms with Gasteiger partial charge in [0.25, 0.3) is 0 Å². The SMILES string of the molecule is CCNC(=NCCS(=O)Cc1ccccc1)NC1CCCN(c2cccc(OC)c2)C1.I. The monoisotopic (exact) mass is 570 g/mol. The van der Waals surface area contributed by atoms with Crippen LogP contribution in [0.5, 0.6) is 5.75 Å². The van der Waals surface area contributed by atoms with Gasteiger partial charge in [-0.05, 0) is 37.5 Å². The Morgan fingerprint density at radius 3 is 2.78 bits per heavy atom. The van der Waals surface area contributed by atoms with Crippen LogP contribution in [0.2, 0.25) is 0 Å². The lowest BCUT2D eigenvalue weighted by molar-refractivity contribution is 0.414. The van der Waals surface area contributed by atoms with Crippen molar-refractivity contribution >= 4 is 46.4 Å². The molecule has 1 aliphatic rings. The second-order valence-electron chi connectivity index (χ2n) is 7.67. The smallest absolute Gasteiger partial charge is 0.191 e. The number of ether oxygens (including phenoxy) is 1. The van der Waals surface area contributed by atoms with Crippen LogP contribution in [0.15, 0.2) is 59.6 Å². The van der Waals surface area contributed by atoms with Crippen LogP contribution in [0, 0.1) is 0 Å². The number of methoxy groups -OCH3 is 1. The van der Waals surface area contributed by atoms with Crippen molar-refractivity contribution in [2.75, 3.05) is 43.9 Å². The highest BCUT2D eigenvalue weighted by atomic mass is 127. The highest BCUT2D eigenvalue weighted by Gasteiger charge is 2.21. The summed E-state index contributed by atoms with van der Waals surface area (Å²) in [4.78, 5) is 7.07. The number of piperidine rings is 1. The number of rotatable bonds is 9. The van der Waals surface area contributed by atoms with Crippen LogP contribution >= 0.6 is 24.0 Å². The lowest BCUT2D eigenvalue weighted by Crippen LogP contribution is -2.51. The average Bonchev–Trinajstić information content (AvgIpc) is 2.80. The minimum atomic E-state index is -0.915. The summed E-state index contributed by atoms with van der Waals surface area (Å²) >= 11 is 0. The molecule has 6 nitrogen and oxygen atoms in total. The van der Waals surface area contributed by atoms with E-state index in [0.717, 1.165) is 49.7 Å². The number of nitrogens with zero attached hydrogens (tertiary/aromatic N) is 2. The first-order valence-electron chi connectivity index (χ1n) is 11.0. The number of anilines is 1. The van der Waals surface area contributed by atoms with Gasteiger partial charge in [0.2, 0.25) is 0 Å². The molecular weight excluding hydrogens is 535 g/mol. The Labute approximate surface area is 211 Å². The van der Waals surface area contributed by atoms with Gasteiger partial charge < -0.3 is 20.3 Å². The lowest BCUT2D eigenvalue weighted by Gasteiger charge is -2.35. The third-order valence-electron chi connectivity index (χ3n) is 5.28. The van der Waals surface area contributed by atoms with E-state index in [1.54, 1.807) is 7.11 Å². The van der Waals surface area contributed by atoms with Gasteiger partial charge in [0.1, 0.15) is 5.75 Å². The molecule has 2 N–H and O–H groups in total. The molecule has 32 heavy (non-hydrogen) atoms. The van der Waals surface area contributed by atoms with Gasteiger partial charge in [-0.25, -0.2) is 0 Å². The molecule has 1 fully saturated rings. The summed E-state index contributed by atoms with van der Waals surface area (Å²) in [6.45, 7) is 5.36. The number of hydrogen-bond acceptors (Lipinski definition) is 4. The molecule has 0 saturated carbocycles. The predicted octanol–water partition coefficient (Wildman–Crippen LogP) is 3.79. The van der Waals surface area contributed by atoms with Crippen LogP contribution < -0.4 is 20.3 Å². The van der Waals surface area contributed by atoms with Gasteiger partial charge in [0.05, 0.1) is 13.7 Å². The van der Waals surface area contributed by atoms with Crippen molar-refractivity contribution in [1.29, 1.82) is 0 Å². The zero-order valence-corrected chi connectivity index (χ0v) is 22.1. The summed E-state index contributed by atoms with van der Waals surface area (Å²) in [7, 11) is 0.785. The first kappa shape index (κ1) is 26.4. The lowest BCUT2D eigenvalue weighted by atomic mass is 10.0. The van der Waals surface area contributed by atoms with Gasteiger partial charge in [-0.3, -0.25) is 9.20 Å². The fraction of sp³-hybridized carbons (Fsp3) is 0.458. The standard InChI is InChI=1S/C24H34N4O2S.HI/c1-3-25-24(26-14-16-31(29)19-20-9-5-4-6-10-20)27-21-11-8-15-28(18-21)22-12-7-13-23(17-22)30-2;/h4-7,9-10,12-13,17,21H,3,8,11,14-16,18-19H2,1-2H3,(H2,25,26,27);1H.